The number of rotatable bonds is 5. The number of sulfonamides is 1. The van der Waals surface area contributed by atoms with Crippen LogP contribution in [0.3, 0.4) is 0 Å². The van der Waals surface area contributed by atoms with Gasteiger partial charge in [0.1, 0.15) is 5.75 Å². The third kappa shape index (κ3) is 4.05. The van der Waals surface area contributed by atoms with Crippen molar-refractivity contribution in [2.24, 2.45) is 5.92 Å². The Kier molecular flexibility index (Phi) is 4.94. The summed E-state index contributed by atoms with van der Waals surface area (Å²) in [6.07, 6.45) is 5.51. The second kappa shape index (κ2) is 6.79. The minimum Gasteiger partial charge on any atom is -0.497 e. The van der Waals surface area contributed by atoms with Gasteiger partial charge in [-0.3, -0.25) is 0 Å². The molecule has 128 valence electrons. The monoisotopic (exact) mass is 338 g/mol. The Hall–Kier alpha value is -1.11. The van der Waals surface area contributed by atoms with Crippen molar-refractivity contribution < 1.29 is 13.2 Å². The molecule has 1 saturated heterocycles. The predicted octanol–water partition coefficient (Wildman–Crippen LogP) is 1.42. The third-order valence-corrected chi connectivity index (χ3v) is 6.32. The average molecular weight is 338 g/mol. The molecule has 1 fully saturated rings. The summed E-state index contributed by atoms with van der Waals surface area (Å²) in [5.41, 5.74) is 2.80. The number of ether oxygens (including phenoxy) is 1. The fraction of sp³-hybridized carbons (Fsp3) is 0.647. The zero-order chi connectivity index (χ0) is 16.4. The minimum atomic E-state index is -3.03. The molecule has 2 atom stereocenters. The zero-order valence-electron chi connectivity index (χ0n) is 13.9. The summed E-state index contributed by atoms with van der Waals surface area (Å²) >= 11 is 0. The number of nitrogens with zero attached hydrogens (tertiary/aromatic N) is 1. The van der Waals surface area contributed by atoms with Crippen LogP contribution in [-0.2, 0) is 22.9 Å². The number of benzene rings is 1. The number of methoxy groups -OCH3 is 1. The van der Waals surface area contributed by atoms with E-state index in [0.29, 0.717) is 25.0 Å². The molecule has 1 heterocycles. The van der Waals surface area contributed by atoms with E-state index in [4.69, 9.17) is 4.74 Å². The van der Waals surface area contributed by atoms with Crippen LogP contribution < -0.4 is 10.1 Å². The summed E-state index contributed by atoms with van der Waals surface area (Å²) in [7, 11) is -1.33. The molecule has 1 aliphatic carbocycles. The molecular weight excluding hydrogens is 312 g/mol. The van der Waals surface area contributed by atoms with E-state index in [1.54, 1.807) is 11.4 Å². The largest absolute Gasteiger partial charge is 0.497 e. The first kappa shape index (κ1) is 16.7. The van der Waals surface area contributed by atoms with E-state index in [1.165, 1.54) is 17.4 Å². The highest BCUT2D eigenvalue weighted by Gasteiger charge is 2.29. The number of aryl methyl sites for hydroxylation is 1. The Bertz CT molecular complexity index is 660. The number of nitrogens with one attached hydrogen (secondary N) is 1. The molecule has 0 bridgehead atoms. The quantitative estimate of drug-likeness (QED) is 0.882. The molecule has 3 rings (SSSR count). The summed E-state index contributed by atoms with van der Waals surface area (Å²) < 4.78 is 30.1. The lowest BCUT2D eigenvalue weighted by molar-refractivity contribution is 0.394. The van der Waals surface area contributed by atoms with Crippen LogP contribution in [0.4, 0.5) is 0 Å². The first-order valence-electron chi connectivity index (χ1n) is 8.30. The van der Waals surface area contributed by atoms with Crippen LogP contribution in [0.15, 0.2) is 18.2 Å². The average Bonchev–Trinajstić information content (AvgIpc) is 3.01. The summed E-state index contributed by atoms with van der Waals surface area (Å²) in [6.45, 7) is 2.22. The van der Waals surface area contributed by atoms with Crippen molar-refractivity contribution in [1.82, 2.24) is 9.62 Å². The number of hydrogen-bond donors (Lipinski definition) is 1. The molecule has 0 unspecified atom stereocenters. The van der Waals surface area contributed by atoms with Crippen molar-refractivity contribution in [2.75, 3.05) is 33.0 Å². The van der Waals surface area contributed by atoms with Gasteiger partial charge in [0.2, 0.25) is 10.0 Å². The summed E-state index contributed by atoms with van der Waals surface area (Å²) in [5, 5.41) is 3.65. The van der Waals surface area contributed by atoms with E-state index >= 15 is 0 Å². The van der Waals surface area contributed by atoms with E-state index in [9.17, 15) is 8.42 Å². The highest BCUT2D eigenvalue weighted by atomic mass is 32.2. The third-order valence-electron chi connectivity index (χ3n) is 5.05. The lowest BCUT2D eigenvalue weighted by Gasteiger charge is -2.27. The fourth-order valence-electron chi connectivity index (χ4n) is 3.63. The molecule has 2 aliphatic rings. The minimum absolute atomic E-state index is 0.427. The van der Waals surface area contributed by atoms with Crippen molar-refractivity contribution in [2.45, 2.75) is 31.7 Å². The van der Waals surface area contributed by atoms with Crippen LogP contribution in [0.2, 0.25) is 0 Å². The predicted molar refractivity (Wildman–Crippen MR) is 91.3 cm³/mol. The number of hydrogen-bond acceptors (Lipinski definition) is 4. The van der Waals surface area contributed by atoms with Gasteiger partial charge in [-0.2, -0.15) is 0 Å². The van der Waals surface area contributed by atoms with Gasteiger partial charge < -0.3 is 10.1 Å². The molecule has 0 amide bonds. The van der Waals surface area contributed by atoms with Gasteiger partial charge >= 0.3 is 0 Å². The van der Waals surface area contributed by atoms with Crippen LogP contribution in [0.25, 0.3) is 0 Å². The molecule has 0 saturated carbocycles. The van der Waals surface area contributed by atoms with Gasteiger partial charge in [0.25, 0.3) is 0 Å². The number of fused-ring (bicyclic) bond motifs is 1. The molecule has 0 radical (unpaired) electrons. The van der Waals surface area contributed by atoms with E-state index in [1.807, 2.05) is 6.07 Å². The van der Waals surface area contributed by atoms with Crippen molar-refractivity contribution in [3.8, 4) is 5.75 Å². The molecule has 1 aromatic rings. The second-order valence-electron chi connectivity index (χ2n) is 6.76. The van der Waals surface area contributed by atoms with Crippen molar-refractivity contribution in [1.29, 1.82) is 0 Å². The normalized spacial score (nSPS) is 25.3. The summed E-state index contributed by atoms with van der Waals surface area (Å²) in [6, 6.07) is 6.82. The first-order valence-corrected chi connectivity index (χ1v) is 10.1. The van der Waals surface area contributed by atoms with Gasteiger partial charge in [0.15, 0.2) is 0 Å². The van der Waals surface area contributed by atoms with Crippen LogP contribution in [0.1, 0.15) is 24.0 Å². The molecule has 1 aliphatic heterocycles. The Labute approximate surface area is 139 Å². The molecule has 1 aromatic carbocycles. The van der Waals surface area contributed by atoms with Crippen molar-refractivity contribution in [3.63, 3.8) is 0 Å². The molecule has 0 aromatic heterocycles. The molecule has 6 heteroatoms. The standard InChI is InChI=1S/C17H26N2O3S/c1-22-17-6-4-14-3-5-16(9-15(14)10-17)18-11-13-7-8-19(12-13)23(2,20)21/h4,6,10,13,16,18H,3,5,7-9,11-12H2,1-2H3/t13-,16-/m0/s1. The highest BCUT2D eigenvalue weighted by molar-refractivity contribution is 7.88. The van der Waals surface area contributed by atoms with Crippen LogP contribution in [0, 0.1) is 5.92 Å². The van der Waals surface area contributed by atoms with Crippen LogP contribution in [0.5, 0.6) is 5.75 Å². The van der Waals surface area contributed by atoms with Gasteiger partial charge in [0.05, 0.1) is 13.4 Å². The lowest BCUT2D eigenvalue weighted by atomic mass is 9.88. The van der Waals surface area contributed by atoms with E-state index in [2.05, 4.69) is 17.4 Å². The topological polar surface area (TPSA) is 58.6 Å². The van der Waals surface area contributed by atoms with Gasteiger partial charge in [-0.25, -0.2) is 12.7 Å². The van der Waals surface area contributed by atoms with Crippen molar-refractivity contribution >= 4 is 10.0 Å². The molecular formula is C17H26N2O3S. The fourth-order valence-corrected chi connectivity index (χ4v) is 4.55. The van der Waals surface area contributed by atoms with E-state index < -0.39 is 10.0 Å². The Balaban J connectivity index is 1.52. The summed E-state index contributed by atoms with van der Waals surface area (Å²) in [4.78, 5) is 0. The Morgan fingerprint density at radius 1 is 1.30 bits per heavy atom. The molecule has 0 spiro atoms. The maximum atomic E-state index is 11.6. The Morgan fingerprint density at radius 2 is 2.13 bits per heavy atom. The summed E-state index contributed by atoms with van der Waals surface area (Å²) in [5.74, 6) is 1.35. The van der Waals surface area contributed by atoms with Crippen LogP contribution >= 0.6 is 0 Å². The molecule has 1 N–H and O–H groups in total. The lowest BCUT2D eigenvalue weighted by Crippen LogP contribution is -2.38. The van der Waals surface area contributed by atoms with Crippen LogP contribution in [-0.4, -0.2) is 51.8 Å². The molecule has 23 heavy (non-hydrogen) atoms. The second-order valence-corrected chi connectivity index (χ2v) is 8.74. The SMILES string of the molecule is COc1ccc2c(c1)C[C@@H](NC[C@@H]1CCN(S(C)(=O)=O)C1)CC2. The highest BCUT2D eigenvalue weighted by Crippen LogP contribution is 2.26. The Morgan fingerprint density at radius 3 is 2.83 bits per heavy atom. The zero-order valence-corrected chi connectivity index (χ0v) is 14.7. The van der Waals surface area contributed by atoms with E-state index in [-0.39, 0.29) is 0 Å². The van der Waals surface area contributed by atoms with Crippen molar-refractivity contribution in [3.05, 3.63) is 29.3 Å². The van der Waals surface area contributed by atoms with E-state index in [0.717, 1.165) is 38.0 Å². The smallest absolute Gasteiger partial charge is 0.211 e. The maximum absolute atomic E-state index is 11.6. The maximum Gasteiger partial charge on any atom is 0.211 e. The van der Waals surface area contributed by atoms with Gasteiger partial charge in [0, 0.05) is 19.1 Å². The molecule has 5 nitrogen and oxygen atoms in total. The first-order chi connectivity index (χ1) is 11.0. The van der Waals surface area contributed by atoms with Gasteiger partial charge in [-0.1, -0.05) is 6.07 Å². The van der Waals surface area contributed by atoms with Gasteiger partial charge in [-0.15, -0.1) is 0 Å². The van der Waals surface area contributed by atoms with Gasteiger partial charge in [-0.05, 0) is 61.4 Å².